The molecule has 2 aromatic carbocycles. The summed E-state index contributed by atoms with van der Waals surface area (Å²) in [7, 11) is 0. The molecule has 0 aliphatic heterocycles. The van der Waals surface area contributed by atoms with E-state index in [0.717, 1.165) is 22.5 Å². The maximum Gasteiger partial charge on any atom is 0.257 e. The topological polar surface area (TPSA) is 54.0 Å². The van der Waals surface area contributed by atoms with Crippen LogP contribution in [0.5, 0.6) is 0 Å². The van der Waals surface area contributed by atoms with E-state index in [1.165, 1.54) is 16.9 Å². The molecule has 0 unspecified atom stereocenters. The minimum Gasteiger partial charge on any atom is -0.381 e. The zero-order valence-electron chi connectivity index (χ0n) is 14.4. The highest BCUT2D eigenvalue weighted by Crippen LogP contribution is 2.19. The number of para-hydroxylation sites is 1. The quantitative estimate of drug-likeness (QED) is 0.665. The Balaban J connectivity index is 1.67. The van der Waals surface area contributed by atoms with Crippen LogP contribution in [0.1, 0.15) is 33.3 Å². The molecule has 25 heavy (non-hydrogen) atoms. The van der Waals surface area contributed by atoms with Crippen molar-refractivity contribution in [3.05, 3.63) is 76.3 Å². The average molecular weight is 351 g/mol. The minimum atomic E-state index is -0.134. The van der Waals surface area contributed by atoms with Crippen LogP contribution in [0.3, 0.4) is 0 Å². The van der Waals surface area contributed by atoms with E-state index in [0.29, 0.717) is 17.2 Å². The van der Waals surface area contributed by atoms with Gasteiger partial charge in [0, 0.05) is 28.9 Å². The van der Waals surface area contributed by atoms with Crippen LogP contribution in [0, 0.1) is 6.92 Å². The van der Waals surface area contributed by atoms with E-state index in [2.05, 4.69) is 40.7 Å². The summed E-state index contributed by atoms with van der Waals surface area (Å²) < 4.78 is 0. The largest absolute Gasteiger partial charge is 0.381 e. The second kappa shape index (κ2) is 7.94. The van der Waals surface area contributed by atoms with Crippen LogP contribution in [-0.4, -0.2) is 10.9 Å². The average Bonchev–Trinajstić information content (AvgIpc) is 3.05. The maximum absolute atomic E-state index is 12.4. The van der Waals surface area contributed by atoms with Crippen LogP contribution in [-0.2, 0) is 13.0 Å². The van der Waals surface area contributed by atoms with Gasteiger partial charge in [-0.1, -0.05) is 37.3 Å². The van der Waals surface area contributed by atoms with Crippen LogP contribution >= 0.6 is 11.3 Å². The summed E-state index contributed by atoms with van der Waals surface area (Å²) in [6.07, 6.45) is 2.74. The van der Waals surface area contributed by atoms with Gasteiger partial charge < -0.3 is 5.32 Å². The van der Waals surface area contributed by atoms with Gasteiger partial charge in [0.2, 0.25) is 0 Å². The van der Waals surface area contributed by atoms with Crippen molar-refractivity contribution in [1.29, 1.82) is 0 Å². The molecule has 0 atom stereocenters. The monoisotopic (exact) mass is 351 g/mol. The lowest BCUT2D eigenvalue weighted by Gasteiger charge is -2.11. The van der Waals surface area contributed by atoms with E-state index in [4.69, 9.17) is 0 Å². The molecule has 1 heterocycles. The smallest absolute Gasteiger partial charge is 0.257 e. The van der Waals surface area contributed by atoms with E-state index >= 15 is 0 Å². The predicted octanol–water partition coefficient (Wildman–Crippen LogP) is 4.88. The third-order valence-electron chi connectivity index (χ3n) is 3.91. The zero-order valence-corrected chi connectivity index (χ0v) is 15.2. The third kappa shape index (κ3) is 4.45. The molecule has 0 saturated heterocycles. The molecule has 0 fully saturated rings. The molecular weight excluding hydrogens is 330 g/mol. The van der Waals surface area contributed by atoms with Crippen LogP contribution in [0.15, 0.2) is 54.7 Å². The van der Waals surface area contributed by atoms with Crippen LogP contribution in [0.4, 0.5) is 10.8 Å². The Morgan fingerprint density at radius 2 is 2.00 bits per heavy atom. The molecular formula is C20H21N3OS. The van der Waals surface area contributed by atoms with Crippen molar-refractivity contribution >= 4 is 28.1 Å². The van der Waals surface area contributed by atoms with Crippen molar-refractivity contribution in [3.8, 4) is 0 Å². The Hall–Kier alpha value is -2.66. The molecule has 0 saturated carbocycles. The molecule has 5 heteroatoms. The zero-order chi connectivity index (χ0) is 17.6. The second-order valence-corrected chi connectivity index (χ2v) is 7.03. The normalized spacial score (nSPS) is 10.5. The summed E-state index contributed by atoms with van der Waals surface area (Å²) in [6, 6.07) is 16.0. The molecule has 1 aromatic heterocycles. The SMILES string of the molecule is CCc1ccccc1NCc1cccc(C(=O)Nc2ncc(C)s2)c1. The van der Waals surface area contributed by atoms with E-state index in [-0.39, 0.29) is 5.91 Å². The molecule has 0 aliphatic rings. The first-order chi connectivity index (χ1) is 12.2. The molecule has 4 nitrogen and oxygen atoms in total. The highest BCUT2D eigenvalue weighted by atomic mass is 32.1. The number of hydrogen-bond donors (Lipinski definition) is 2. The first kappa shape index (κ1) is 17.2. The Labute approximate surface area is 151 Å². The summed E-state index contributed by atoms with van der Waals surface area (Å²) in [5.41, 5.74) is 4.12. The standard InChI is InChI=1S/C20H21N3OS/c1-3-16-8-4-5-10-18(16)21-13-15-7-6-9-17(11-15)19(24)23-20-22-12-14(2)25-20/h4-12,21H,3,13H2,1-2H3,(H,22,23,24). The lowest BCUT2D eigenvalue weighted by molar-refractivity contribution is 0.102. The molecule has 0 radical (unpaired) electrons. The van der Waals surface area contributed by atoms with Crippen molar-refractivity contribution in [2.75, 3.05) is 10.6 Å². The summed E-state index contributed by atoms with van der Waals surface area (Å²) in [6.45, 7) is 4.79. The fraction of sp³-hybridized carbons (Fsp3) is 0.200. The molecule has 0 aliphatic carbocycles. The number of thiazole rings is 1. The fourth-order valence-electron chi connectivity index (χ4n) is 2.60. The molecule has 0 bridgehead atoms. The fourth-order valence-corrected chi connectivity index (χ4v) is 3.26. The highest BCUT2D eigenvalue weighted by molar-refractivity contribution is 7.15. The van der Waals surface area contributed by atoms with Gasteiger partial charge in [-0.3, -0.25) is 10.1 Å². The van der Waals surface area contributed by atoms with Gasteiger partial charge in [0.25, 0.3) is 5.91 Å². The Kier molecular flexibility index (Phi) is 5.46. The van der Waals surface area contributed by atoms with E-state index in [9.17, 15) is 4.79 Å². The van der Waals surface area contributed by atoms with E-state index in [1.807, 2.05) is 37.3 Å². The molecule has 2 N–H and O–H groups in total. The Morgan fingerprint density at radius 3 is 2.76 bits per heavy atom. The van der Waals surface area contributed by atoms with Crippen molar-refractivity contribution < 1.29 is 4.79 Å². The predicted molar refractivity (Wildman–Crippen MR) is 104 cm³/mol. The number of nitrogens with one attached hydrogen (secondary N) is 2. The molecule has 128 valence electrons. The van der Waals surface area contributed by atoms with Crippen molar-refractivity contribution in [2.24, 2.45) is 0 Å². The molecule has 3 aromatic rings. The second-order valence-electron chi connectivity index (χ2n) is 5.79. The third-order valence-corrected chi connectivity index (χ3v) is 4.74. The van der Waals surface area contributed by atoms with Gasteiger partial charge >= 0.3 is 0 Å². The van der Waals surface area contributed by atoms with Gasteiger partial charge in [0.15, 0.2) is 5.13 Å². The number of nitrogens with zero attached hydrogens (tertiary/aromatic N) is 1. The number of carbonyl (C=O) groups is 1. The number of benzene rings is 2. The minimum absolute atomic E-state index is 0.134. The van der Waals surface area contributed by atoms with E-state index in [1.54, 1.807) is 6.20 Å². The Bertz CT molecular complexity index is 873. The van der Waals surface area contributed by atoms with Gasteiger partial charge in [-0.15, -0.1) is 11.3 Å². The van der Waals surface area contributed by atoms with Gasteiger partial charge in [-0.25, -0.2) is 4.98 Å². The number of aryl methyl sites for hydroxylation is 2. The van der Waals surface area contributed by atoms with Crippen molar-refractivity contribution in [1.82, 2.24) is 4.98 Å². The number of anilines is 2. The first-order valence-corrected chi connectivity index (χ1v) is 9.12. The lowest BCUT2D eigenvalue weighted by Crippen LogP contribution is -2.12. The van der Waals surface area contributed by atoms with Gasteiger partial charge in [0.1, 0.15) is 0 Å². The molecule has 0 spiro atoms. The maximum atomic E-state index is 12.4. The number of carbonyl (C=O) groups excluding carboxylic acids is 1. The van der Waals surface area contributed by atoms with Crippen LogP contribution in [0.25, 0.3) is 0 Å². The summed E-state index contributed by atoms with van der Waals surface area (Å²) >= 11 is 1.47. The van der Waals surface area contributed by atoms with Crippen molar-refractivity contribution in [3.63, 3.8) is 0 Å². The number of amides is 1. The Morgan fingerprint density at radius 1 is 1.16 bits per heavy atom. The molecule has 3 rings (SSSR count). The van der Waals surface area contributed by atoms with Gasteiger partial charge in [-0.2, -0.15) is 0 Å². The van der Waals surface area contributed by atoms with Crippen LogP contribution < -0.4 is 10.6 Å². The highest BCUT2D eigenvalue weighted by Gasteiger charge is 2.09. The number of aromatic nitrogens is 1. The van der Waals surface area contributed by atoms with Gasteiger partial charge in [0.05, 0.1) is 0 Å². The summed E-state index contributed by atoms with van der Waals surface area (Å²) in [5.74, 6) is -0.134. The van der Waals surface area contributed by atoms with Gasteiger partial charge in [-0.05, 0) is 42.7 Å². The summed E-state index contributed by atoms with van der Waals surface area (Å²) in [5, 5.41) is 6.93. The molecule has 1 amide bonds. The lowest BCUT2D eigenvalue weighted by atomic mass is 10.1. The van der Waals surface area contributed by atoms with Crippen molar-refractivity contribution in [2.45, 2.75) is 26.8 Å². The summed E-state index contributed by atoms with van der Waals surface area (Å²) in [4.78, 5) is 17.6. The number of rotatable bonds is 6. The number of hydrogen-bond acceptors (Lipinski definition) is 4. The first-order valence-electron chi connectivity index (χ1n) is 8.30. The van der Waals surface area contributed by atoms with Crippen LogP contribution in [0.2, 0.25) is 0 Å². The van der Waals surface area contributed by atoms with E-state index < -0.39 is 0 Å².